The Balaban J connectivity index is 2.22. The molecule has 6 nitrogen and oxygen atoms in total. The van der Waals surface area contributed by atoms with Crippen LogP contribution in [0.5, 0.6) is 11.5 Å². The number of allylic oxidation sites excluding steroid dienone is 1. The normalized spacial score (nSPS) is 10.7. The molecule has 27 heavy (non-hydrogen) atoms. The predicted octanol–water partition coefficient (Wildman–Crippen LogP) is 3.38. The van der Waals surface area contributed by atoms with Crippen LogP contribution >= 0.6 is 0 Å². The number of nitrogens with zero attached hydrogens (tertiary/aromatic N) is 1. The highest BCUT2D eigenvalue weighted by Crippen LogP contribution is 2.30. The molecule has 0 bridgehead atoms. The van der Waals surface area contributed by atoms with Crippen LogP contribution in [-0.2, 0) is 6.61 Å². The van der Waals surface area contributed by atoms with E-state index < -0.39 is 0 Å². The van der Waals surface area contributed by atoms with E-state index in [4.69, 9.17) is 20.7 Å². The first kappa shape index (κ1) is 20.3. The first-order chi connectivity index (χ1) is 13.0. The van der Waals surface area contributed by atoms with E-state index in [1.807, 2.05) is 50.2 Å². The number of hydrogen-bond acceptors (Lipinski definition) is 6. The van der Waals surface area contributed by atoms with Gasteiger partial charge < -0.3 is 25.2 Å². The minimum atomic E-state index is 0.338. The summed E-state index contributed by atoms with van der Waals surface area (Å²) >= 11 is 0. The van der Waals surface area contributed by atoms with Gasteiger partial charge in [-0.25, -0.2) is 5.84 Å². The number of rotatable bonds is 9. The maximum Gasteiger partial charge on any atom is 0.128 e. The average molecular weight is 368 g/mol. The summed E-state index contributed by atoms with van der Waals surface area (Å²) < 4.78 is 11.8. The van der Waals surface area contributed by atoms with Gasteiger partial charge in [0.1, 0.15) is 18.1 Å². The summed E-state index contributed by atoms with van der Waals surface area (Å²) in [4.78, 5) is 0. The Morgan fingerprint density at radius 1 is 1.22 bits per heavy atom. The molecule has 0 aliphatic heterocycles. The van der Waals surface area contributed by atoms with Gasteiger partial charge in [0.25, 0.3) is 0 Å². The summed E-state index contributed by atoms with van der Waals surface area (Å²) in [5.74, 6) is 7.49. The van der Waals surface area contributed by atoms with Gasteiger partial charge in [-0.1, -0.05) is 6.07 Å². The van der Waals surface area contributed by atoms with Crippen molar-refractivity contribution in [1.29, 1.82) is 5.41 Å². The molecule has 0 amide bonds. The average Bonchev–Trinajstić information content (AvgIpc) is 2.65. The Kier molecular flexibility index (Phi) is 7.25. The number of hydrogen-bond donors (Lipinski definition) is 3. The summed E-state index contributed by atoms with van der Waals surface area (Å²) in [5, 5.41) is 12.5. The van der Waals surface area contributed by atoms with Crippen molar-refractivity contribution in [2.75, 3.05) is 25.7 Å². The molecule has 2 aromatic carbocycles. The minimum absolute atomic E-state index is 0.338. The standard InChI is InChI=1S/C21H28N4O2/c1-5-26-21-8-6-7-19(25(4)23)17(21)14-27-20-10-9-16(13-15(20)2)18(22)11-12-24-3/h6-13,22,24H,5,14,23H2,1-4H3/b12-11-,22-18?. The second-order valence-electron chi connectivity index (χ2n) is 6.10. The molecule has 0 radical (unpaired) electrons. The first-order valence-corrected chi connectivity index (χ1v) is 8.87. The third-order valence-electron chi connectivity index (χ3n) is 4.06. The van der Waals surface area contributed by atoms with Gasteiger partial charge in [0.2, 0.25) is 0 Å². The SMILES string of the molecule is CCOc1cccc(N(C)N)c1COc1ccc(C(=N)/C=C\NC)cc1C. The maximum atomic E-state index is 8.08. The molecule has 0 unspecified atom stereocenters. The fourth-order valence-corrected chi connectivity index (χ4v) is 2.71. The van der Waals surface area contributed by atoms with Crippen LogP contribution in [0, 0.1) is 12.3 Å². The molecule has 0 saturated carbocycles. The fourth-order valence-electron chi connectivity index (χ4n) is 2.71. The molecule has 0 saturated heterocycles. The van der Waals surface area contributed by atoms with Gasteiger partial charge in [0.15, 0.2) is 0 Å². The van der Waals surface area contributed by atoms with Crippen LogP contribution in [0.15, 0.2) is 48.7 Å². The largest absolute Gasteiger partial charge is 0.493 e. The van der Waals surface area contributed by atoms with Crippen molar-refractivity contribution in [3.05, 3.63) is 65.4 Å². The van der Waals surface area contributed by atoms with E-state index in [0.717, 1.165) is 33.9 Å². The number of anilines is 1. The van der Waals surface area contributed by atoms with Crippen LogP contribution in [0.25, 0.3) is 0 Å². The lowest BCUT2D eigenvalue weighted by Crippen LogP contribution is -2.26. The number of nitrogens with one attached hydrogen (secondary N) is 2. The van der Waals surface area contributed by atoms with E-state index in [2.05, 4.69) is 5.32 Å². The third kappa shape index (κ3) is 5.24. The van der Waals surface area contributed by atoms with Gasteiger partial charge in [-0.3, -0.25) is 0 Å². The van der Waals surface area contributed by atoms with E-state index in [0.29, 0.717) is 18.9 Å². The predicted molar refractivity (Wildman–Crippen MR) is 111 cm³/mol. The molecule has 0 aromatic heterocycles. The van der Waals surface area contributed by atoms with Gasteiger partial charge in [-0.2, -0.15) is 0 Å². The number of aryl methyl sites for hydroxylation is 1. The molecule has 0 spiro atoms. The Bertz CT molecular complexity index is 816. The van der Waals surface area contributed by atoms with Gasteiger partial charge in [-0.15, -0.1) is 0 Å². The molecule has 6 heteroatoms. The Hall–Kier alpha value is -2.99. The van der Waals surface area contributed by atoms with Crippen LogP contribution in [0.2, 0.25) is 0 Å². The molecular formula is C21H28N4O2. The van der Waals surface area contributed by atoms with E-state index in [1.54, 1.807) is 31.4 Å². The Morgan fingerprint density at radius 2 is 2.00 bits per heavy atom. The second-order valence-corrected chi connectivity index (χ2v) is 6.10. The molecule has 2 rings (SSSR count). The van der Waals surface area contributed by atoms with Crippen LogP contribution in [0.3, 0.4) is 0 Å². The van der Waals surface area contributed by atoms with E-state index >= 15 is 0 Å². The highest BCUT2D eigenvalue weighted by Gasteiger charge is 2.13. The highest BCUT2D eigenvalue weighted by atomic mass is 16.5. The van der Waals surface area contributed by atoms with Crippen molar-refractivity contribution < 1.29 is 9.47 Å². The van der Waals surface area contributed by atoms with E-state index in [1.165, 1.54) is 0 Å². The summed E-state index contributed by atoms with van der Waals surface area (Å²) in [6, 6.07) is 11.5. The number of ether oxygens (including phenoxy) is 2. The van der Waals surface area contributed by atoms with Gasteiger partial charge >= 0.3 is 0 Å². The van der Waals surface area contributed by atoms with Crippen molar-refractivity contribution in [3.63, 3.8) is 0 Å². The zero-order chi connectivity index (χ0) is 19.8. The smallest absolute Gasteiger partial charge is 0.128 e. The van der Waals surface area contributed by atoms with Crippen LogP contribution < -0.4 is 25.6 Å². The molecule has 0 atom stereocenters. The topological polar surface area (TPSA) is 83.6 Å². The molecule has 4 N–H and O–H groups in total. The Morgan fingerprint density at radius 3 is 2.63 bits per heavy atom. The lowest BCUT2D eigenvalue weighted by atomic mass is 10.1. The number of nitrogens with two attached hydrogens (primary N) is 1. The van der Waals surface area contributed by atoms with E-state index in [9.17, 15) is 0 Å². The second kappa shape index (κ2) is 9.64. The summed E-state index contributed by atoms with van der Waals surface area (Å²) in [5.41, 5.74) is 3.99. The van der Waals surface area contributed by atoms with E-state index in [-0.39, 0.29) is 0 Å². The number of benzene rings is 2. The Labute approximate surface area is 161 Å². The monoisotopic (exact) mass is 368 g/mol. The first-order valence-electron chi connectivity index (χ1n) is 8.87. The van der Waals surface area contributed by atoms with Crippen LogP contribution in [0.1, 0.15) is 23.6 Å². The summed E-state index contributed by atoms with van der Waals surface area (Å²) in [7, 11) is 3.60. The number of hydrazine groups is 1. The zero-order valence-corrected chi connectivity index (χ0v) is 16.4. The third-order valence-corrected chi connectivity index (χ3v) is 4.06. The zero-order valence-electron chi connectivity index (χ0n) is 16.4. The molecule has 0 aliphatic rings. The molecule has 144 valence electrons. The van der Waals surface area contributed by atoms with Crippen molar-refractivity contribution in [2.45, 2.75) is 20.5 Å². The summed E-state index contributed by atoms with van der Waals surface area (Å²) in [6.45, 7) is 4.83. The lowest BCUT2D eigenvalue weighted by Gasteiger charge is -2.20. The van der Waals surface area contributed by atoms with Crippen LogP contribution in [-0.4, -0.2) is 26.4 Å². The van der Waals surface area contributed by atoms with Crippen molar-refractivity contribution in [1.82, 2.24) is 5.32 Å². The van der Waals surface area contributed by atoms with Crippen molar-refractivity contribution in [3.8, 4) is 11.5 Å². The fraction of sp³-hybridized carbons (Fsp3) is 0.286. The molecule has 0 heterocycles. The van der Waals surface area contributed by atoms with Gasteiger partial charge in [-0.05, 0) is 67.6 Å². The molecular weight excluding hydrogens is 340 g/mol. The molecule has 2 aromatic rings. The van der Waals surface area contributed by atoms with Crippen molar-refractivity contribution >= 4 is 11.4 Å². The quantitative estimate of drug-likeness (QED) is 0.359. The minimum Gasteiger partial charge on any atom is -0.493 e. The van der Waals surface area contributed by atoms with Gasteiger partial charge in [0, 0.05) is 14.1 Å². The van der Waals surface area contributed by atoms with Crippen LogP contribution in [0.4, 0.5) is 5.69 Å². The highest BCUT2D eigenvalue weighted by molar-refractivity contribution is 6.06. The lowest BCUT2D eigenvalue weighted by molar-refractivity contribution is 0.285. The summed E-state index contributed by atoms with van der Waals surface area (Å²) in [6.07, 6.45) is 3.45. The van der Waals surface area contributed by atoms with Crippen molar-refractivity contribution in [2.24, 2.45) is 5.84 Å². The maximum absolute atomic E-state index is 8.08. The molecule has 0 fully saturated rings. The van der Waals surface area contributed by atoms with Gasteiger partial charge in [0.05, 0.1) is 23.6 Å². The molecule has 0 aliphatic carbocycles.